The van der Waals surface area contributed by atoms with E-state index >= 15 is 0 Å². The fourth-order valence-corrected chi connectivity index (χ4v) is 4.14. The van der Waals surface area contributed by atoms with E-state index in [-0.39, 0.29) is 11.0 Å². The summed E-state index contributed by atoms with van der Waals surface area (Å²) in [6, 6.07) is 33.9. The molecule has 0 spiro atoms. The molecular weight excluding hydrogens is 494 g/mol. The zero-order chi connectivity index (χ0) is 26.7. The second-order valence-corrected chi connectivity index (χ2v) is 9.09. The number of nitrogens with one attached hydrogen (secondary N) is 2. The molecule has 0 aliphatic heterocycles. The Labute approximate surface area is 228 Å². The molecule has 0 unspecified atom stereocenters. The third-order valence-corrected chi connectivity index (χ3v) is 6.07. The molecule has 0 saturated carbocycles. The van der Waals surface area contributed by atoms with Crippen LogP contribution in [0.15, 0.2) is 109 Å². The molecule has 4 rings (SSSR count). The number of nitrogens with zero attached hydrogens (tertiary/aromatic N) is 1. The van der Waals surface area contributed by atoms with Crippen LogP contribution in [0.3, 0.4) is 0 Å². The molecular formula is C31H29N3O3S. The zero-order valence-electron chi connectivity index (χ0n) is 21.1. The number of rotatable bonds is 9. The van der Waals surface area contributed by atoms with Crippen LogP contribution in [-0.2, 0) is 13.0 Å². The van der Waals surface area contributed by atoms with Gasteiger partial charge >= 0.3 is 0 Å². The minimum atomic E-state index is -0.400. The first-order chi connectivity index (χ1) is 18.5. The fraction of sp³-hybridized carbons (Fsp3) is 0.129. The fourth-order valence-electron chi connectivity index (χ4n) is 3.94. The van der Waals surface area contributed by atoms with Crippen LogP contribution in [-0.4, -0.2) is 35.5 Å². The summed E-state index contributed by atoms with van der Waals surface area (Å²) < 4.78 is 5.91. The molecule has 0 atom stereocenters. The minimum absolute atomic E-state index is 0.0834. The van der Waals surface area contributed by atoms with Gasteiger partial charge in [-0.1, -0.05) is 84.9 Å². The molecule has 0 radical (unpaired) electrons. The summed E-state index contributed by atoms with van der Waals surface area (Å²) in [5.74, 6) is -0.0899. The zero-order valence-corrected chi connectivity index (χ0v) is 21.9. The summed E-state index contributed by atoms with van der Waals surface area (Å²) in [6.45, 7) is 0.902. The summed E-state index contributed by atoms with van der Waals surface area (Å²) in [5.41, 5.74) is 3.52. The lowest BCUT2D eigenvalue weighted by Gasteiger charge is -2.20. The molecule has 0 aromatic heterocycles. The van der Waals surface area contributed by atoms with Gasteiger partial charge in [-0.2, -0.15) is 0 Å². The molecule has 0 aliphatic rings. The Morgan fingerprint density at radius 3 is 2.05 bits per heavy atom. The standard InChI is InChI=1S/C31H29N3O3S/c1-34(22-24-14-6-3-7-15-24)30(36)25-16-8-10-18-27(25)32-31(38)33-29(35)26-17-9-11-19-28(26)37-21-20-23-12-4-2-5-13-23/h2-19H,20-22H2,1H3,(H2,32,33,35,38). The topological polar surface area (TPSA) is 70.7 Å². The van der Waals surface area contributed by atoms with Crippen LogP contribution in [0.25, 0.3) is 0 Å². The maximum atomic E-state index is 13.2. The lowest BCUT2D eigenvalue weighted by molar-refractivity contribution is 0.0786. The quantitative estimate of drug-likeness (QED) is 0.275. The number of para-hydroxylation sites is 2. The summed E-state index contributed by atoms with van der Waals surface area (Å²) >= 11 is 5.41. The summed E-state index contributed by atoms with van der Waals surface area (Å²) in [6.07, 6.45) is 0.723. The highest BCUT2D eigenvalue weighted by Crippen LogP contribution is 2.20. The first-order valence-electron chi connectivity index (χ1n) is 12.3. The van der Waals surface area contributed by atoms with Gasteiger partial charge in [0.1, 0.15) is 5.75 Å². The summed E-state index contributed by atoms with van der Waals surface area (Å²) in [4.78, 5) is 27.9. The van der Waals surface area contributed by atoms with Crippen molar-refractivity contribution in [2.75, 3.05) is 19.0 Å². The van der Waals surface area contributed by atoms with Crippen molar-refractivity contribution in [2.24, 2.45) is 0 Å². The van der Waals surface area contributed by atoms with E-state index in [1.807, 2.05) is 66.7 Å². The smallest absolute Gasteiger partial charge is 0.261 e. The minimum Gasteiger partial charge on any atom is -0.492 e. The van der Waals surface area contributed by atoms with E-state index in [1.165, 1.54) is 0 Å². The molecule has 0 bridgehead atoms. The SMILES string of the molecule is CN(Cc1ccccc1)C(=O)c1ccccc1NC(=S)NC(=O)c1ccccc1OCCc1ccccc1. The summed E-state index contributed by atoms with van der Waals surface area (Å²) in [7, 11) is 1.75. The Morgan fingerprint density at radius 2 is 1.34 bits per heavy atom. The van der Waals surface area contributed by atoms with E-state index in [4.69, 9.17) is 17.0 Å². The van der Waals surface area contributed by atoms with Crippen LogP contribution in [0.4, 0.5) is 5.69 Å². The van der Waals surface area contributed by atoms with Gasteiger partial charge in [-0.3, -0.25) is 14.9 Å². The second-order valence-electron chi connectivity index (χ2n) is 8.68. The maximum Gasteiger partial charge on any atom is 0.261 e. The van der Waals surface area contributed by atoms with Gasteiger partial charge in [0.15, 0.2) is 5.11 Å². The van der Waals surface area contributed by atoms with Crippen LogP contribution in [0.1, 0.15) is 31.8 Å². The van der Waals surface area contributed by atoms with Crippen molar-refractivity contribution < 1.29 is 14.3 Å². The highest BCUT2D eigenvalue weighted by Gasteiger charge is 2.18. The van der Waals surface area contributed by atoms with Crippen LogP contribution in [0.5, 0.6) is 5.75 Å². The van der Waals surface area contributed by atoms with Crippen molar-refractivity contribution in [1.82, 2.24) is 10.2 Å². The number of ether oxygens (including phenoxy) is 1. The molecule has 4 aromatic carbocycles. The number of amides is 2. The van der Waals surface area contributed by atoms with Crippen molar-refractivity contribution in [3.8, 4) is 5.75 Å². The molecule has 2 N–H and O–H groups in total. The first kappa shape index (κ1) is 26.6. The monoisotopic (exact) mass is 523 g/mol. The Balaban J connectivity index is 1.38. The number of hydrogen-bond acceptors (Lipinski definition) is 4. The number of benzene rings is 4. The molecule has 7 heteroatoms. The van der Waals surface area contributed by atoms with Gasteiger partial charge in [0.2, 0.25) is 0 Å². The molecule has 0 heterocycles. The molecule has 0 saturated heterocycles. The van der Waals surface area contributed by atoms with Crippen LogP contribution in [0, 0.1) is 0 Å². The molecule has 192 valence electrons. The maximum absolute atomic E-state index is 13.2. The Kier molecular flexibility index (Phi) is 9.21. The highest BCUT2D eigenvalue weighted by molar-refractivity contribution is 7.80. The predicted molar refractivity (Wildman–Crippen MR) is 154 cm³/mol. The van der Waals surface area contributed by atoms with E-state index in [1.54, 1.807) is 54.4 Å². The van der Waals surface area contributed by atoms with E-state index in [9.17, 15) is 9.59 Å². The first-order valence-corrected chi connectivity index (χ1v) is 12.7. The number of thiocarbonyl (C=S) groups is 1. The number of hydrogen-bond donors (Lipinski definition) is 2. The van der Waals surface area contributed by atoms with Crippen LogP contribution < -0.4 is 15.4 Å². The molecule has 0 fully saturated rings. The molecule has 38 heavy (non-hydrogen) atoms. The number of carbonyl (C=O) groups excluding carboxylic acids is 2. The predicted octanol–water partition coefficient (Wildman–Crippen LogP) is 5.71. The molecule has 4 aromatic rings. The van der Waals surface area contributed by atoms with Gasteiger partial charge in [-0.25, -0.2) is 0 Å². The normalized spacial score (nSPS) is 10.3. The van der Waals surface area contributed by atoms with Gasteiger partial charge < -0.3 is 15.0 Å². The van der Waals surface area contributed by atoms with Crippen molar-refractivity contribution in [2.45, 2.75) is 13.0 Å². The second kappa shape index (κ2) is 13.2. The van der Waals surface area contributed by atoms with E-state index in [0.717, 1.165) is 17.5 Å². The summed E-state index contributed by atoms with van der Waals surface area (Å²) in [5, 5.41) is 5.79. The molecule has 6 nitrogen and oxygen atoms in total. The Bertz CT molecular complexity index is 1390. The highest BCUT2D eigenvalue weighted by atomic mass is 32.1. The third kappa shape index (κ3) is 7.27. The number of carbonyl (C=O) groups is 2. The van der Waals surface area contributed by atoms with Crippen LogP contribution in [0.2, 0.25) is 0 Å². The van der Waals surface area contributed by atoms with Gasteiger partial charge in [0, 0.05) is 20.0 Å². The number of anilines is 1. The van der Waals surface area contributed by atoms with Crippen molar-refractivity contribution >= 4 is 34.8 Å². The lowest BCUT2D eigenvalue weighted by atomic mass is 10.1. The van der Waals surface area contributed by atoms with E-state index in [0.29, 0.717) is 35.7 Å². The van der Waals surface area contributed by atoms with Gasteiger partial charge in [-0.15, -0.1) is 0 Å². The average Bonchev–Trinajstić information content (AvgIpc) is 2.94. The molecule has 2 amide bonds. The Hall–Kier alpha value is -4.49. The average molecular weight is 524 g/mol. The van der Waals surface area contributed by atoms with Gasteiger partial charge in [-0.05, 0) is 47.6 Å². The van der Waals surface area contributed by atoms with Crippen molar-refractivity contribution in [1.29, 1.82) is 0 Å². The van der Waals surface area contributed by atoms with Crippen molar-refractivity contribution in [3.63, 3.8) is 0 Å². The van der Waals surface area contributed by atoms with E-state index in [2.05, 4.69) is 10.6 Å². The molecule has 0 aliphatic carbocycles. The lowest BCUT2D eigenvalue weighted by Crippen LogP contribution is -2.35. The van der Waals surface area contributed by atoms with Gasteiger partial charge in [0.05, 0.1) is 23.4 Å². The van der Waals surface area contributed by atoms with Gasteiger partial charge in [0.25, 0.3) is 11.8 Å². The van der Waals surface area contributed by atoms with Crippen LogP contribution >= 0.6 is 12.2 Å². The van der Waals surface area contributed by atoms with Crippen molar-refractivity contribution in [3.05, 3.63) is 131 Å². The third-order valence-electron chi connectivity index (χ3n) is 5.86. The van der Waals surface area contributed by atoms with E-state index < -0.39 is 5.91 Å². The Morgan fingerprint density at radius 1 is 0.763 bits per heavy atom. The largest absolute Gasteiger partial charge is 0.492 e.